The van der Waals surface area contributed by atoms with E-state index in [1.54, 1.807) is 0 Å². The van der Waals surface area contributed by atoms with Gasteiger partial charge in [-0.25, -0.2) is 0 Å². The minimum atomic E-state index is 0.750. The molecule has 0 atom stereocenters. The number of nitrogens with two attached hydrogens (primary N) is 3. The molecular formula is C8H27N3. The van der Waals surface area contributed by atoms with Crippen molar-refractivity contribution in [2.45, 2.75) is 34.6 Å². The van der Waals surface area contributed by atoms with Crippen molar-refractivity contribution in [1.82, 2.24) is 0 Å². The van der Waals surface area contributed by atoms with Crippen LogP contribution in [0.5, 0.6) is 0 Å². The molecule has 0 aliphatic heterocycles. The Morgan fingerprint density at radius 3 is 0.636 bits per heavy atom. The molecule has 0 aliphatic rings. The van der Waals surface area contributed by atoms with Gasteiger partial charge in [-0.3, -0.25) is 0 Å². The average molecular weight is 165 g/mol. The van der Waals surface area contributed by atoms with E-state index in [1.165, 1.54) is 0 Å². The van der Waals surface area contributed by atoms with E-state index in [1.807, 2.05) is 34.6 Å². The highest BCUT2D eigenvalue weighted by Gasteiger charge is 1.33. The van der Waals surface area contributed by atoms with E-state index in [-0.39, 0.29) is 0 Å². The van der Waals surface area contributed by atoms with Crippen LogP contribution < -0.4 is 17.2 Å². The minimum Gasteiger partial charge on any atom is -0.331 e. The molecule has 0 aromatic rings. The summed E-state index contributed by atoms with van der Waals surface area (Å²) in [7, 11) is 0. The monoisotopic (exact) mass is 165 g/mol. The zero-order valence-corrected chi connectivity index (χ0v) is 8.85. The fraction of sp³-hybridized carbons (Fsp3) is 1.00. The van der Waals surface area contributed by atoms with Crippen molar-refractivity contribution in [3.63, 3.8) is 0 Å². The Hall–Kier alpha value is -0.120. The van der Waals surface area contributed by atoms with Gasteiger partial charge in [-0.15, -0.1) is 0 Å². The van der Waals surface area contributed by atoms with Crippen LogP contribution in [0.25, 0.3) is 0 Å². The zero-order valence-electron chi connectivity index (χ0n) is 8.85. The molecule has 0 bridgehead atoms. The summed E-state index contributed by atoms with van der Waals surface area (Å²) in [6.07, 6.45) is 0. The van der Waals surface area contributed by atoms with Crippen molar-refractivity contribution < 1.29 is 0 Å². The summed E-state index contributed by atoms with van der Waals surface area (Å²) in [6, 6.07) is 0. The molecule has 6 N–H and O–H groups in total. The maximum Gasteiger partial charge on any atom is -0.0106 e. The lowest BCUT2D eigenvalue weighted by molar-refractivity contribution is 1.14. The topological polar surface area (TPSA) is 78.1 Å². The second kappa shape index (κ2) is 93.9. The lowest BCUT2D eigenvalue weighted by Crippen LogP contribution is -1.87. The van der Waals surface area contributed by atoms with Gasteiger partial charge in [0.1, 0.15) is 0 Å². The molecule has 0 aliphatic carbocycles. The van der Waals surface area contributed by atoms with E-state index in [9.17, 15) is 0 Å². The first-order valence-electron chi connectivity index (χ1n) is 4.35. The minimum absolute atomic E-state index is 0.750. The van der Waals surface area contributed by atoms with Crippen LogP contribution in [0.3, 0.4) is 0 Å². The first-order valence-corrected chi connectivity index (χ1v) is 4.35. The maximum atomic E-state index is 4.85. The Bertz CT molecular complexity index is 14.1. The van der Waals surface area contributed by atoms with Crippen LogP contribution in [-0.4, -0.2) is 19.6 Å². The predicted molar refractivity (Wildman–Crippen MR) is 55.5 cm³/mol. The molecule has 3 heteroatoms. The first-order chi connectivity index (χ1) is 5.24. The van der Waals surface area contributed by atoms with E-state index in [0.29, 0.717) is 0 Å². The lowest BCUT2D eigenvalue weighted by atomic mass is 10.8. The molecule has 0 saturated heterocycles. The standard InChI is InChI=1S/3C2H7N.C2H6/c3*1-2-3;1-2/h3*2-3H2,1H3;1-2H3. The third-order valence-corrected chi connectivity index (χ3v) is 0. The molecular weight excluding hydrogens is 138 g/mol. The van der Waals surface area contributed by atoms with Gasteiger partial charge in [0.25, 0.3) is 0 Å². The van der Waals surface area contributed by atoms with Crippen molar-refractivity contribution in [3.8, 4) is 0 Å². The van der Waals surface area contributed by atoms with Crippen LogP contribution in [-0.2, 0) is 0 Å². The summed E-state index contributed by atoms with van der Waals surface area (Å²) >= 11 is 0. The molecule has 0 amide bonds. The summed E-state index contributed by atoms with van der Waals surface area (Å²) in [5.74, 6) is 0. The van der Waals surface area contributed by atoms with Crippen molar-refractivity contribution >= 4 is 0 Å². The van der Waals surface area contributed by atoms with Gasteiger partial charge in [0, 0.05) is 0 Å². The fourth-order valence-corrected chi connectivity index (χ4v) is 0. The normalized spacial score (nSPS) is 5.45. The van der Waals surface area contributed by atoms with Gasteiger partial charge in [-0.2, -0.15) is 0 Å². The van der Waals surface area contributed by atoms with Crippen LogP contribution >= 0.6 is 0 Å². The van der Waals surface area contributed by atoms with Crippen LogP contribution in [0.2, 0.25) is 0 Å². The third-order valence-electron chi connectivity index (χ3n) is 0. The van der Waals surface area contributed by atoms with Crippen LogP contribution in [0, 0.1) is 0 Å². The van der Waals surface area contributed by atoms with E-state index >= 15 is 0 Å². The highest BCUT2D eigenvalue weighted by molar-refractivity contribution is 4.00. The number of hydrogen-bond acceptors (Lipinski definition) is 3. The van der Waals surface area contributed by atoms with Crippen LogP contribution in [0.1, 0.15) is 34.6 Å². The molecule has 3 nitrogen and oxygen atoms in total. The maximum absolute atomic E-state index is 4.85. The average Bonchev–Trinajstić information content (AvgIpc) is 1.96. The predicted octanol–water partition coefficient (Wildman–Crippen LogP) is 0.921. The van der Waals surface area contributed by atoms with Gasteiger partial charge in [-0.05, 0) is 19.6 Å². The first kappa shape index (κ1) is 22.4. The smallest absolute Gasteiger partial charge is 0.0106 e. The highest BCUT2D eigenvalue weighted by atomic mass is 14.5. The van der Waals surface area contributed by atoms with Gasteiger partial charge in [-0.1, -0.05) is 34.6 Å². The second-order valence-corrected chi connectivity index (χ2v) is 1.22. The van der Waals surface area contributed by atoms with Crippen LogP contribution in [0.15, 0.2) is 0 Å². The molecule has 0 saturated carbocycles. The van der Waals surface area contributed by atoms with E-state index in [2.05, 4.69) is 0 Å². The van der Waals surface area contributed by atoms with Crippen LogP contribution in [0.4, 0.5) is 0 Å². The lowest BCUT2D eigenvalue weighted by Gasteiger charge is -1.53. The summed E-state index contributed by atoms with van der Waals surface area (Å²) in [5.41, 5.74) is 14.5. The van der Waals surface area contributed by atoms with Gasteiger partial charge >= 0.3 is 0 Å². The Kier molecular flexibility index (Phi) is 192. The van der Waals surface area contributed by atoms with Crippen molar-refractivity contribution in [3.05, 3.63) is 0 Å². The van der Waals surface area contributed by atoms with Gasteiger partial charge < -0.3 is 17.2 Å². The quantitative estimate of drug-likeness (QED) is 0.499. The van der Waals surface area contributed by atoms with Gasteiger partial charge in [0.2, 0.25) is 0 Å². The molecule has 74 valence electrons. The highest BCUT2D eigenvalue weighted by Crippen LogP contribution is 1.20. The molecule has 0 spiro atoms. The Labute approximate surface area is 72.3 Å². The van der Waals surface area contributed by atoms with E-state index in [4.69, 9.17) is 17.2 Å². The zero-order chi connectivity index (χ0) is 10.1. The SMILES string of the molecule is CC.CCN.CCN.CCN. The third kappa shape index (κ3) is 42600. The van der Waals surface area contributed by atoms with Crippen molar-refractivity contribution in [2.24, 2.45) is 17.2 Å². The molecule has 0 rings (SSSR count). The summed E-state index contributed by atoms with van der Waals surface area (Å²) < 4.78 is 0. The van der Waals surface area contributed by atoms with Gasteiger partial charge in [0.15, 0.2) is 0 Å². The molecule has 11 heavy (non-hydrogen) atoms. The Balaban J connectivity index is -0.0000000301. The van der Waals surface area contributed by atoms with Crippen molar-refractivity contribution in [1.29, 1.82) is 0 Å². The Morgan fingerprint density at radius 2 is 0.636 bits per heavy atom. The van der Waals surface area contributed by atoms with E-state index < -0.39 is 0 Å². The van der Waals surface area contributed by atoms with Crippen molar-refractivity contribution in [2.75, 3.05) is 19.6 Å². The molecule has 0 unspecified atom stereocenters. The molecule has 0 radical (unpaired) electrons. The molecule has 0 aromatic carbocycles. The molecule has 0 fully saturated rings. The summed E-state index contributed by atoms with van der Waals surface area (Å²) in [4.78, 5) is 0. The number of hydrogen-bond donors (Lipinski definition) is 3. The largest absolute Gasteiger partial charge is 0.331 e. The molecule has 0 heterocycles. The summed E-state index contributed by atoms with van der Waals surface area (Å²) in [6.45, 7) is 12.0. The summed E-state index contributed by atoms with van der Waals surface area (Å²) in [5, 5.41) is 0. The van der Waals surface area contributed by atoms with Gasteiger partial charge in [0.05, 0.1) is 0 Å². The van der Waals surface area contributed by atoms with E-state index in [0.717, 1.165) is 19.6 Å². The number of rotatable bonds is 0. The Morgan fingerprint density at radius 1 is 0.636 bits per heavy atom. The second-order valence-electron chi connectivity index (χ2n) is 1.22. The fourth-order valence-electron chi connectivity index (χ4n) is 0. The molecule has 0 aromatic heterocycles.